The Morgan fingerprint density at radius 1 is 0.943 bits per heavy atom. The molecular formula is C28H26N2O5. The molecule has 178 valence electrons. The Kier molecular flexibility index (Phi) is 6.14. The number of pyridine rings is 1. The van der Waals surface area contributed by atoms with Crippen molar-refractivity contribution in [2.45, 2.75) is 20.0 Å². The Morgan fingerprint density at radius 2 is 1.69 bits per heavy atom. The van der Waals surface area contributed by atoms with Gasteiger partial charge in [0.25, 0.3) is 11.5 Å². The molecule has 0 saturated heterocycles. The molecule has 0 unspecified atom stereocenters. The fraction of sp³-hybridized carbons (Fsp3) is 0.214. The molecule has 0 atom stereocenters. The Labute approximate surface area is 202 Å². The Morgan fingerprint density at radius 3 is 2.46 bits per heavy atom. The molecule has 0 aliphatic carbocycles. The number of benzene rings is 3. The van der Waals surface area contributed by atoms with Gasteiger partial charge in [0, 0.05) is 34.7 Å². The lowest BCUT2D eigenvalue weighted by Gasteiger charge is -2.24. The van der Waals surface area contributed by atoms with Crippen LogP contribution in [0.4, 0.5) is 0 Å². The van der Waals surface area contributed by atoms with Crippen molar-refractivity contribution in [3.63, 3.8) is 0 Å². The third-order valence-electron chi connectivity index (χ3n) is 6.05. The number of ether oxygens (including phenoxy) is 3. The van der Waals surface area contributed by atoms with Gasteiger partial charge in [-0.3, -0.25) is 9.59 Å². The van der Waals surface area contributed by atoms with E-state index in [1.165, 1.54) is 0 Å². The molecule has 7 nitrogen and oxygen atoms in total. The fourth-order valence-corrected chi connectivity index (χ4v) is 4.31. The average Bonchev–Trinajstić information content (AvgIpc) is 2.87. The van der Waals surface area contributed by atoms with Crippen molar-refractivity contribution >= 4 is 16.8 Å². The van der Waals surface area contributed by atoms with Crippen LogP contribution in [-0.4, -0.2) is 36.1 Å². The summed E-state index contributed by atoms with van der Waals surface area (Å²) in [5.74, 6) is 1.77. The highest BCUT2D eigenvalue weighted by Crippen LogP contribution is 2.34. The number of hydrogen-bond acceptors (Lipinski definition) is 5. The monoisotopic (exact) mass is 470 g/mol. The van der Waals surface area contributed by atoms with Gasteiger partial charge >= 0.3 is 0 Å². The first-order valence-corrected chi connectivity index (χ1v) is 11.5. The second kappa shape index (κ2) is 9.54. The van der Waals surface area contributed by atoms with Gasteiger partial charge in [-0.15, -0.1) is 0 Å². The summed E-state index contributed by atoms with van der Waals surface area (Å²) in [5.41, 5.74) is 3.29. The third kappa shape index (κ3) is 4.71. The van der Waals surface area contributed by atoms with E-state index in [0.717, 1.165) is 16.5 Å². The topological polar surface area (TPSA) is 80.9 Å². The van der Waals surface area contributed by atoms with Crippen LogP contribution in [0.25, 0.3) is 10.9 Å². The van der Waals surface area contributed by atoms with Gasteiger partial charge in [0.1, 0.15) is 19.0 Å². The van der Waals surface area contributed by atoms with E-state index in [4.69, 9.17) is 14.2 Å². The van der Waals surface area contributed by atoms with Crippen molar-refractivity contribution in [3.8, 4) is 17.2 Å². The highest BCUT2D eigenvalue weighted by Gasteiger charge is 2.21. The second-order valence-electron chi connectivity index (χ2n) is 8.55. The van der Waals surface area contributed by atoms with Gasteiger partial charge < -0.3 is 24.1 Å². The van der Waals surface area contributed by atoms with Crippen LogP contribution in [0, 0.1) is 6.92 Å². The molecular weight excluding hydrogens is 444 g/mol. The van der Waals surface area contributed by atoms with Gasteiger partial charge in [-0.05, 0) is 37.3 Å². The molecule has 1 N–H and O–H groups in total. The lowest BCUT2D eigenvalue weighted by atomic mass is 10.1. The summed E-state index contributed by atoms with van der Waals surface area (Å²) in [6.45, 7) is 3.31. The van der Waals surface area contributed by atoms with E-state index >= 15 is 0 Å². The second-order valence-corrected chi connectivity index (χ2v) is 8.55. The number of carbonyl (C=O) groups excluding carboxylic acids is 1. The maximum absolute atomic E-state index is 13.6. The number of methoxy groups -OCH3 is 1. The summed E-state index contributed by atoms with van der Waals surface area (Å²) in [6, 6.07) is 20.5. The van der Waals surface area contributed by atoms with Crippen LogP contribution in [0.15, 0.2) is 71.5 Å². The minimum atomic E-state index is -0.253. The van der Waals surface area contributed by atoms with Gasteiger partial charge in [-0.1, -0.05) is 35.9 Å². The number of nitrogens with zero attached hydrogens (tertiary/aromatic N) is 1. The number of nitrogens with one attached hydrogen (secondary N) is 1. The third-order valence-corrected chi connectivity index (χ3v) is 6.05. The van der Waals surface area contributed by atoms with Crippen molar-refractivity contribution in [1.82, 2.24) is 9.88 Å². The van der Waals surface area contributed by atoms with E-state index in [1.54, 1.807) is 24.1 Å². The number of para-hydroxylation sites is 1. The smallest absolute Gasteiger partial charge is 0.254 e. The fourth-order valence-electron chi connectivity index (χ4n) is 4.31. The molecule has 0 radical (unpaired) electrons. The number of amides is 1. The highest BCUT2D eigenvalue weighted by atomic mass is 16.6. The predicted octanol–water partition coefficient (Wildman–Crippen LogP) is 4.46. The molecule has 7 heteroatoms. The maximum Gasteiger partial charge on any atom is 0.254 e. The summed E-state index contributed by atoms with van der Waals surface area (Å²) >= 11 is 0. The van der Waals surface area contributed by atoms with Crippen LogP contribution >= 0.6 is 0 Å². The molecule has 1 amide bonds. The molecule has 0 saturated carbocycles. The summed E-state index contributed by atoms with van der Waals surface area (Å²) in [4.78, 5) is 31.2. The summed E-state index contributed by atoms with van der Waals surface area (Å²) in [7, 11) is 1.60. The van der Waals surface area contributed by atoms with E-state index in [1.807, 2.05) is 61.5 Å². The number of aromatic nitrogens is 1. The molecule has 0 fully saturated rings. The minimum Gasteiger partial charge on any atom is -0.496 e. The van der Waals surface area contributed by atoms with Crippen LogP contribution in [0.2, 0.25) is 0 Å². The maximum atomic E-state index is 13.6. The molecule has 0 bridgehead atoms. The van der Waals surface area contributed by atoms with Gasteiger partial charge in [-0.25, -0.2) is 0 Å². The highest BCUT2D eigenvalue weighted by molar-refractivity contribution is 5.94. The minimum absolute atomic E-state index is 0.130. The Balaban J connectivity index is 1.53. The molecule has 1 aromatic heterocycles. The van der Waals surface area contributed by atoms with Crippen molar-refractivity contribution in [3.05, 3.63) is 99.3 Å². The number of hydrogen-bond donors (Lipinski definition) is 1. The Hall–Kier alpha value is -4.26. The zero-order valence-corrected chi connectivity index (χ0v) is 19.7. The van der Waals surface area contributed by atoms with Crippen LogP contribution in [-0.2, 0) is 13.1 Å². The van der Waals surface area contributed by atoms with Crippen molar-refractivity contribution < 1.29 is 19.0 Å². The summed E-state index contributed by atoms with van der Waals surface area (Å²) in [6.07, 6.45) is 0. The number of H-pyrrole nitrogens is 1. The van der Waals surface area contributed by atoms with Crippen molar-refractivity contribution in [2.24, 2.45) is 0 Å². The van der Waals surface area contributed by atoms with E-state index in [9.17, 15) is 9.59 Å². The Bertz CT molecular complexity index is 1460. The van der Waals surface area contributed by atoms with Gasteiger partial charge in [0.15, 0.2) is 11.5 Å². The average molecular weight is 471 g/mol. The number of rotatable bonds is 6. The van der Waals surface area contributed by atoms with Crippen molar-refractivity contribution in [1.29, 1.82) is 0 Å². The molecule has 3 aromatic carbocycles. The standard InChI is InChI=1S/C28H26N2O5/c1-18-6-5-8-19(12-18)28(32)30(16-20-7-3-4-9-24(20)33-2)17-22-13-21-14-25-26(35-11-10-34-25)15-23(21)29-27(22)31/h3-9,12-15H,10-11,16-17H2,1-2H3,(H,29,31). The molecule has 0 spiro atoms. The van der Waals surface area contributed by atoms with Crippen LogP contribution in [0.5, 0.6) is 17.2 Å². The zero-order chi connectivity index (χ0) is 24.4. The van der Waals surface area contributed by atoms with Crippen LogP contribution in [0.1, 0.15) is 27.0 Å². The molecule has 1 aliphatic heterocycles. The lowest BCUT2D eigenvalue weighted by Crippen LogP contribution is -2.32. The lowest BCUT2D eigenvalue weighted by molar-refractivity contribution is 0.0728. The van der Waals surface area contributed by atoms with Gasteiger partial charge in [0.2, 0.25) is 0 Å². The molecule has 1 aliphatic rings. The van der Waals surface area contributed by atoms with Gasteiger partial charge in [-0.2, -0.15) is 0 Å². The molecule has 35 heavy (non-hydrogen) atoms. The summed E-state index contributed by atoms with van der Waals surface area (Å²) < 4.78 is 16.8. The zero-order valence-electron chi connectivity index (χ0n) is 19.7. The first-order chi connectivity index (χ1) is 17.0. The molecule has 5 rings (SSSR count). The number of fused-ring (bicyclic) bond motifs is 2. The number of aryl methyl sites for hydroxylation is 1. The molecule has 2 heterocycles. The number of carbonyl (C=O) groups is 1. The van der Waals surface area contributed by atoms with E-state index in [-0.39, 0.29) is 24.6 Å². The predicted molar refractivity (Wildman–Crippen MR) is 133 cm³/mol. The molecule has 4 aromatic rings. The first kappa shape index (κ1) is 22.5. The van der Waals surface area contributed by atoms with Gasteiger partial charge in [0.05, 0.1) is 19.2 Å². The van der Waals surface area contributed by atoms with Crippen molar-refractivity contribution in [2.75, 3.05) is 20.3 Å². The summed E-state index contributed by atoms with van der Waals surface area (Å²) in [5, 5.41) is 0.809. The normalized spacial score (nSPS) is 12.4. The van der Waals surface area contributed by atoms with Crippen LogP contribution < -0.4 is 19.8 Å². The van der Waals surface area contributed by atoms with E-state index in [0.29, 0.717) is 47.1 Å². The largest absolute Gasteiger partial charge is 0.496 e. The van der Waals surface area contributed by atoms with E-state index < -0.39 is 0 Å². The SMILES string of the molecule is COc1ccccc1CN(Cc1cc2cc3c(cc2[nH]c1=O)OCCO3)C(=O)c1cccc(C)c1. The van der Waals surface area contributed by atoms with Crippen LogP contribution in [0.3, 0.4) is 0 Å². The first-order valence-electron chi connectivity index (χ1n) is 11.5. The van der Waals surface area contributed by atoms with E-state index in [2.05, 4.69) is 4.98 Å². The number of aromatic amines is 1. The quantitative estimate of drug-likeness (QED) is 0.450.